The Bertz CT molecular complexity index is 532. The van der Waals surface area contributed by atoms with Crippen molar-refractivity contribution in [3.63, 3.8) is 0 Å². The van der Waals surface area contributed by atoms with Gasteiger partial charge in [-0.05, 0) is 40.5 Å². The van der Waals surface area contributed by atoms with Crippen molar-refractivity contribution in [1.29, 1.82) is 0 Å². The fraction of sp³-hybridized carbons (Fsp3) is 0.400. The summed E-state index contributed by atoms with van der Waals surface area (Å²) in [7, 11) is -3.54. The molecular weight excluding hydrogens is 308 g/mol. The first kappa shape index (κ1) is 12.8. The fourth-order valence-corrected chi connectivity index (χ4v) is 3.54. The molecule has 94 valence electrons. The van der Waals surface area contributed by atoms with Gasteiger partial charge in [-0.3, -0.25) is 0 Å². The first-order valence-corrected chi connectivity index (χ1v) is 7.38. The van der Waals surface area contributed by atoms with Crippen LogP contribution in [0.1, 0.15) is 6.42 Å². The Balaban J connectivity index is 2.35. The van der Waals surface area contributed by atoms with Gasteiger partial charge in [0.15, 0.2) is 0 Å². The van der Waals surface area contributed by atoms with Crippen molar-refractivity contribution in [2.75, 3.05) is 18.8 Å². The van der Waals surface area contributed by atoms with Crippen molar-refractivity contribution in [3.05, 3.63) is 22.7 Å². The van der Waals surface area contributed by atoms with E-state index in [0.29, 0.717) is 23.1 Å². The number of aliphatic hydroxyl groups is 1. The molecule has 2 rings (SSSR count). The third-order valence-corrected chi connectivity index (χ3v) is 5.31. The van der Waals surface area contributed by atoms with Gasteiger partial charge in [-0.2, -0.15) is 4.31 Å². The van der Waals surface area contributed by atoms with Gasteiger partial charge >= 0.3 is 0 Å². The van der Waals surface area contributed by atoms with Gasteiger partial charge in [-0.1, -0.05) is 0 Å². The topological polar surface area (TPSA) is 83.6 Å². The maximum Gasteiger partial charge on any atom is 0.243 e. The average Bonchev–Trinajstić information content (AvgIpc) is 2.69. The van der Waals surface area contributed by atoms with Gasteiger partial charge in [0.05, 0.1) is 11.0 Å². The van der Waals surface area contributed by atoms with Gasteiger partial charge in [0, 0.05) is 23.2 Å². The van der Waals surface area contributed by atoms with E-state index >= 15 is 0 Å². The molecule has 1 saturated heterocycles. The maximum absolute atomic E-state index is 12.2. The summed E-state index contributed by atoms with van der Waals surface area (Å²) in [5.41, 5.74) is 6.04. The van der Waals surface area contributed by atoms with Gasteiger partial charge in [0.25, 0.3) is 0 Å². The summed E-state index contributed by atoms with van der Waals surface area (Å²) in [5, 5.41) is 9.37. The van der Waals surface area contributed by atoms with E-state index in [1.54, 1.807) is 6.07 Å². The summed E-state index contributed by atoms with van der Waals surface area (Å²) in [6.07, 6.45) is -0.0943. The zero-order chi connectivity index (χ0) is 12.6. The van der Waals surface area contributed by atoms with Crippen LogP contribution < -0.4 is 5.73 Å². The zero-order valence-electron chi connectivity index (χ0n) is 9.01. The van der Waals surface area contributed by atoms with Gasteiger partial charge in [0.1, 0.15) is 0 Å². The van der Waals surface area contributed by atoms with Crippen LogP contribution in [0, 0.1) is 0 Å². The Morgan fingerprint density at radius 1 is 1.47 bits per heavy atom. The van der Waals surface area contributed by atoms with Crippen molar-refractivity contribution in [1.82, 2.24) is 4.31 Å². The molecule has 7 heteroatoms. The highest BCUT2D eigenvalue weighted by molar-refractivity contribution is 9.10. The Kier molecular flexibility index (Phi) is 3.44. The molecule has 0 spiro atoms. The number of halogens is 1. The van der Waals surface area contributed by atoms with Crippen LogP contribution in [-0.2, 0) is 10.0 Å². The number of anilines is 1. The third kappa shape index (κ3) is 2.47. The molecule has 0 bridgehead atoms. The second kappa shape index (κ2) is 4.56. The van der Waals surface area contributed by atoms with E-state index in [0.717, 1.165) is 0 Å². The highest BCUT2D eigenvalue weighted by Crippen LogP contribution is 2.26. The number of nitrogens with zero attached hydrogens (tertiary/aromatic N) is 1. The van der Waals surface area contributed by atoms with Crippen molar-refractivity contribution in [3.8, 4) is 0 Å². The Morgan fingerprint density at radius 3 is 2.71 bits per heavy atom. The lowest BCUT2D eigenvalue weighted by Crippen LogP contribution is -2.29. The number of sulfonamides is 1. The van der Waals surface area contributed by atoms with Crippen LogP contribution in [0.2, 0.25) is 0 Å². The predicted molar refractivity (Wildman–Crippen MR) is 67.9 cm³/mol. The van der Waals surface area contributed by atoms with Crippen molar-refractivity contribution < 1.29 is 13.5 Å². The summed E-state index contributed by atoms with van der Waals surface area (Å²) in [6.45, 7) is 0.498. The van der Waals surface area contributed by atoms with Crippen LogP contribution >= 0.6 is 15.9 Å². The minimum absolute atomic E-state index is 0.151. The summed E-state index contributed by atoms with van der Waals surface area (Å²) in [4.78, 5) is 0.160. The normalized spacial score (nSPS) is 21.9. The Hall–Kier alpha value is -0.630. The van der Waals surface area contributed by atoms with E-state index in [1.165, 1.54) is 16.4 Å². The molecule has 0 aromatic heterocycles. The second-order valence-electron chi connectivity index (χ2n) is 3.99. The van der Waals surface area contributed by atoms with E-state index in [2.05, 4.69) is 15.9 Å². The summed E-state index contributed by atoms with van der Waals surface area (Å²) >= 11 is 3.22. The summed E-state index contributed by atoms with van der Waals surface area (Å²) < 4.78 is 26.3. The third-order valence-electron chi connectivity index (χ3n) is 2.73. The van der Waals surface area contributed by atoms with E-state index in [1.807, 2.05) is 0 Å². The summed E-state index contributed by atoms with van der Waals surface area (Å²) in [6, 6.07) is 4.53. The van der Waals surface area contributed by atoms with E-state index in [4.69, 9.17) is 5.73 Å². The van der Waals surface area contributed by atoms with Crippen LogP contribution in [0.4, 0.5) is 5.69 Å². The number of benzene rings is 1. The van der Waals surface area contributed by atoms with Gasteiger partial charge in [0.2, 0.25) is 10.0 Å². The fourth-order valence-electron chi connectivity index (χ4n) is 1.76. The van der Waals surface area contributed by atoms with E-state index in [9.17, 15) is 13.5 Å². The van der Waals surface area contributed by atoms with Crippen LogP contribution in [0.5, 0.6) is 0 Å². The molecule has 1 aromatic carbocycles. The molecule has 1 atom stereocenters. The van der Waals surface area contributed by atoms with Crippen molar-refractivity contribution in [2.24, 2.45) is 0 Å². The minimum atomic E-state index is -3.54. The van der Waals surface area contributed by atoms with Crippen molar-refractivity contribution in [2.45, 2.75) is 17.4 Å². The quantitative estimate of drug-likeness (QED) is 0.789. The smallest absolute Gasteiger partial charge is 0.243 e. The zero-order valence-corrected chi connectivity index (χ0v) is 11.4. The lowest BCUT2D eigenvalue weighted by atomic mass is 10.3. The molecule has 0 aliphatic carbocycles. The average molecular weight is 321 g/mol. The van der Waals surface area contributed by atoms with Crippen LogP contribution in [0.3, 0.4) is 0 Å². The molecule has 1 aliphatic rings. The van der Waals surface area contributed by atoms with Gasteiger partial charge < -0.3 is 10.8 Å². The molecular formula is C10H13BrN2O3S. The highest BCUT2D eigenvalue weighted by atomic mass is 79.9. The second-order valence-corrected chi connectivity index (χ2v) is 6.78. The minimum Gasteiger partial charge on any atom is -0.398 e. The first-order valence-electron chi connectivity index (χ1n) is 5.14. The van der Waals surface area contributed by atoms with Gasteiger partial charge in [-0.15, -0.1) is 0 Å². The Morgan fingerprint density at radius 2 is 2.18 bits per heavy atom. The number of β-amino-alcohol motifs (C(OH)–C–C–N with tert-alkyl or cyclic N) is 1. The lowest BCUT2D eigenvalue weighted by Gasteiger charge is -2.16. The molecule has 5 nitrogen and oxygen atoms in total. The van der Waals surface area contributed by atoms with Crippen molar-refractivity contribution >= 4 is 31.6 Å². The van der Waals surface area contributed by atoms with E-state index in [-0.39, 0.29) is 11.4 Å². The van der Waals surface area contributed by atoms with Crippen LogP contribution in [-0.4, -0.2) is 37.0 Å². The monoisotopic (exact) mass is 320 g/mol. The highest BCUT2D eigenvalue weighted by Gasteiger charge is 2.31. The number of hydrogen-bond acceptors (Lipinski definition) is 4. The molecule has 0 saturated carbocycles. The lowest BCUT2D eigenvalue weighted by molar-refractivity contribution is 0.189. The standard InChI is InChI=1S/C10H13BrN2O3S/c11-9-2-1-8(5-10(9)12)17(15,16)13-4-3-7(14)6-13/h1-2,5,7,14H,3-4,6,12H2/t7-/m0/s1. The largest absolute Gasteiger partial charge is 0.398 e. The number of aliphatic hydroxyl groups excluding tert-OH is 1. The van der Waals surface area contributed by atoms with E-state index < -0.39 is 16.1 Å². The first-order chi connectivity index (χ1) is 7.91. The molecule has 0 amide bonds. The molecule has 3 N–H and O–H groups in total. The molecule has 0 radical (unpaired) electrons. The maximum atomic E-state index is 12.2. The predicted octanol–water partition coefficient (Wildman–Crippen LogP) is 0.787. The molecule has 0 unspecified atom stereocenters. The number of nitrogen functional groups attached to an aromatic ring is 1. The molecule has 1 aliphatic heterocycles. The molecule has 1 aromatic rings. The molecule has 1 heterocycles. The SMILES string of the molecule is Nc1cc(S(=O)(=O)N2CC[C@H](O)C2)ccc1Br. The van der Waals surface area contributed by atoms with Crippen LogP contribution in [0.25, 0.3) is 0 Å². The number of rotatable bonds is 2. The molecule has 1 fully saturated rings. The Labute approximate surface area is 108 Å². The summed E-state index contributed by atoms with van der Waals surface area (Å²) in [5.74, 6) is 0. The van der Waals surface area contributed by atoms with Gasteiger partial charge in [-0.25, -0.2) is 8.42 Å². The van der Waals surface area contributed by atoms with Crippen LogP contribution in [0.15, 0.2) is 27.6 Å². The number of hydrogen-bond donors (Lipinski definition) is 2. The number of nitrogens with two attached hydrogens (primary N) is 1. The molecule has 17 heavy (non-hydrogen) atoms.